The summed E-state index contributed by atoms with van der Waals surface area (Å²) in [5.74, 6) is 1.21. The molecule has 1 N–H and O–H groups in total. The Hall–Kier alpha value is -3.89. The molecule has 0 saturated carbocycles. The summed E-state index contributed by atoms with van der Waals surface area (Å²) in [7, 11) is 0. The number of morpholine rings is 1. The number of anilines is 2. The molecule has 0 atom stereocenters. The summed E-state index contributed by atoms with van der Waals surface area (Å²) < 4.78 is 11.6. The Balaban J connectivity index is 1.26. The molecule has 0 amide bonds. The molecule has 10 nitrogen and oxygen atoms in total. The number of allylic oxidation sites excluding steroid dienone is 1. The highest BCUT2D eigenvalue weighted by Gasteiger charge is 2.28. The molecule has 0 aliphatic carbocycles. The lowest BCUT2D eigenvalue weighted by atomic mass is 10.0. The smallest absolute Gasteiger partial charge is 0.318 e. The van der Waals surface area contributed by atoms with Crippen molar-refractivity contribution in [2.24, 2.45) is 0 Å². The maximum Gasteiger partial charge on any atom is 0.318 e. The maximum atomic E-state index is 10.8. The van der Waals surface area contributed by atoms with E-state index in [1.165, 1.54) is 0 Å². The predicted molar refractivity (Wildman–Crippen MR) is 154 cm³/mol. The number of rotatable bonds is 8. The van der Waals surface area contributed by atoms with Crippen LogP contribution in [0.15, 0.2) is 48.7 Å². The van der Waals surface area contributed by atoms with Crippen molar-refractivity contribution in [1.29, 1.82) is 0 Å². The average molecular weight is 545 g/mol. The van der Waals surface area contributed by atoms with Crippen molar-refractivity contribution in [1.82, 2.24) is 19.8 Å². The number of aromatic nitrogens is 2. The van der Waals surface area contributed by atoms with Crippen molar-refractivity contribution in [3.8, 4) is 11.8 Å². The minimum atomic E-state index is 0.261. The van der Waals surface area contributed by atoms with Crippen molar-refractivity contribution < 1.29 is 19.4 Å². The lowest BCUT2D eigenvalue weighted by Gasteiger charge is -2.38. The zero-order valence-corrected chi connectivity index (χ0v) is 22.7. The molecule has 2 fully saturated rings. The van der Waals surface area contributed by atoms with E-state index in [0.29, 0.717) is 19.2 Å². The predicted octanol–water partition coefficient (Wildman–Crippen LogP) is 2.44. The molecule has 4 heterocycles. The Kier molecular flexibility index (Phi) is 7.97. The lowest BCUT2D eigenvalue weighted by Crippen LogP contribution is -2.45. The molecule has 3 aromatic rings. The van der Waals surface area contributed by atoms with E-state index in [4.69, 9.17) is 19.4 Å². The summed E-state index contributed by atoms with van der Waals surface area (Å²) in [5, 5.41) is 12.6. The van der Waals surface area contributed by atoms with Crippen LogP contribution < -0.4 is 14.5 Å². The van der Waals surface area contributed by atoms with Gasteiger partial charge in [-0.25, -0.2) is 0 Å². The van der Waals surface area contributed by atoms with E-state index in [-0.39, 0.29) is 5.75 Å². The average Bonchev–Trinajstić information content (AvgIpc) is 2.99. The molecule has 0 bridgehead atoms. The standard InChI is InChI=1S/C30H36N6O4/c37-16-3-7-33-9-11-35(12-10-33)29-26-6-8-36(28-21-24(38)20-23-4-1-2-5-25(23)28)22-27(26)31-30(32-29)40-19-15-34-13-17-39-18-14-34/h1-5,7,16,20-21,38H,6,8-15,17-19,22H2. The summed E-state index contributed by atoms with van der Waals surface area (Å²) in [5.41, 5.74) is 3.14. The third-order valence-corrected chi connectivity index (χ3v) is 7.92. The number of hydrogen-bond donors (Lipinski definition) is 1. The van der Waals surface area contributed by atoms with Crippen molar-refractivity contribution in [2.45, 2.75) is 13.0 Å². The van der Waals surface area contributed by atoms with Crippen LogP contribution in [0.5, 0.6) is 11.8 Å². The van der Waals surface area contributed by atoms with Gasteiger partial charge in [0.25, 0.3) is 0 Å². The molecule has 1 aromatic heterocycles. The fraction of sp³-hybridized carbons (Fsp3) is 0.433. The molecule has 10 heteroatoms. The number of benzene rings is 2. The van der Waals surface area contributed by atoms with Crippen LogP contribution in [0.4, 0.5) is 11.5 Å². The largest absolute Gasteiger partial charge is 0.508 e. The van der Waals surface area contributed by atoms with Gasteiger partial charge in [0.15, 0.2) is 0 Å². The first-order valence-corrected chi connectivity index (χ1v) is 14.1. The quantitative estimate of drug-likeness (QED) is 0.337. The first kappa shape index (κ1) is 26.3. The normalized spacial score (nSPS) is 18.4. The minimum Gasteiger partial charge on any atom is -0.508 e. The van der Waals surface area contributed by atoms with Gasteiger partial charge in [-0.3, -0.25) is 9.69 Å². The highest BCUT2D eigenvalue weighted by Crippen LogP contribution is 2.36. The molecule has 0 spiro atoms. The number of aromatic hydroxyl groups is 1. The number of nitrogens with zero attached hydrogens (tertiary/aromatic N) is 6. The van der Waals surface area contributed by atoms with Gasteiger partial charge in [-0.05, 0) is 23.9 Å². The van der Waals surface area contributed by atoms with Crippen LogP contribution in [0.2, 0.25) is 0 Å². The first-order valence-electron chi connectivity index (χ1n) is 14.1. The van der Waals surface area contributed by atoms with Crippen LogP contribution in [0, 0.1) is 0 Å². The van der Waals surface area contributed by atoms with Crippen molar-refractivity contribution >= 4 is 28.6 Å². The Morgan fingerprint density at radius 3 is 2.62 bits per heavy atom. The second-order valence-electron chi connectivity index (χ2n) is 10.4. The summed E-state index contributed by atoms with van der Waals surface area (Å²) in [6.07, 6.45) is 5.02. The molecule has 2 aromatic carbocycles. The summed E-state index contributed by atoms with van der Waals surface area (Å²) in [6.45, 7) is 9.32. The van der Waals surface area contributed by atoms with E-state index >= 15 is 0 Å². The van der Waals surface area contributed by atoms with Crippen LogP contribution in [0.1, 0.15) is 11.3 Å². The zero-order valence-electron chi connectivity index (χ0n) is 22.7. The monoisotopic (exact) mass is 544 g/mol. The van der Waals surface area contributed by atoms with E-state index in [9.17, 15) is 9.90 Å². The van der Waals surface area contributed by atoms with E-state index in [1.807, 2.05) is 30.5 Å². The number of phenolic OH excluding ortho intramolecular Hbond substituents is 1. The molecule has 0 radical (unpaired) electrons. The van der Waals surface area contributed by atoms with Gasteiger partial charge < -0.3 is 29.3 Å². The molecule has 2 saturated heterocycles. The Labute approximate surface area is 234 Å². The summed E-state index contributed by atoms with van der Waals surface area (Å²) in [6, 6.07) is 12.2. The Bertz CT molecular complexity index is 1370. The number of carbonyl (C=O) groups is 1. The highest BCUT2D eigenvalue weighted by molar-refractivity contribution is 5.95. The Morgan fingerprint density at radius 1 is 0.975 bits per heavy atom. The van der Waals surface area contributed by atoms with Crippen molar-refractivity contribution in [2.75, 3.05) is 82.0 Å². The number of ether oxygens (including phenoxy) is 2. The fourth-order valence-electron chi connectivity index (χ4n) is 5.79. The number of hydrogen-bond acceptors (Lipinski definition) is 10. The van der Waals surface area contributed by atoms with Crippen LogP contribution >= 0.6 is 0 Å². The molecule has 3 aliphatic rings. The summed E-state index contributed by atoms with van der Waals surface area (Å²) in [4.78, 5) is 29.7. The second-order valence-corrected chi connectivity index (χ2v) is 10.4. The van der Waals surface area contributed by atoms with Gasteiger partial charge in [-0.1, -0.05) is 24.3 Å². The van der Waals surface area contributed by atoms with Crippen molar-refractivity contribution in [3.05, 3.63) is 59.9 Å². The minimum absolute atomic E-state index is 0.261. The molecular formula is C30H36N6O4. The van der Waals surface area contributed by atoms with E-state index in [0.717, 1.165) is 112 Å². The van der Waals surface area contributed by atoms with E-state index in [2.05, 4.69) is 25.7 Å². The van der Waals surface area contributed by atoms with Gasteiger partial charge in [-0.15, -0.1) is 0 Å². The number of phenols is 1. The van der Waals surface area contributed by atoms with Crippen LogP contribution in [-0.2, 0) is 22.5 Å². The maximum absolute atomic E-state index is 10.8. The highest BCUT2D eigenvalue weighted by atomic mass is 16.5. The van der Waals surface area contributed by atoms with Crippen LogP contribution in [-0.4, -0.2) is 103 Å². The SMILES string of the molecule is O=CC=CN1CCN(c2nc(OCCN3CCOCC3)nc3c2CCN(c2cc(O)cc4ccccc24)C3)CC1. The van der Waals surface area contributed by atoms with Gasteiger partial charge >= 0.3 is 6.01 Å². The van der Waals surface area contributed by atoms with Gasteiger partial charge in [0, 0.05) is 81.3 Å². The second kappa shape index (κ2) is 12.1. The van der Waals surface area contributed by atoms with Crippen molar-refractivity contribution in [3.63, 3.8) is 0 Å². The molecular weight excluding hydrogens is 508 g/mol. The molecule has 0 unspecified atom stereocenters. The number of carbonyl (C=O) groups excluding carboxylic acids is 1. The topological polar surface area (TPSA) is 94.5 Å². The summed E-state index contributed by atoms with van der Waals surface area (Å²) >= 11 is 0. The molecule has 210 valence electrons. The van der Waals surface area contributed by atoms with Gasteiger partial charge in [0.05, 0.1) is 25.5 Å². The number of fused-ring (bicyclic) bond motifs is 2. The third-order valence-electron chi connectivity index (χ3n) is 7.92. The first-order chi connectivity index (χ1) is 19.7. The Morgan fingerprint density at radius 2 is 1.80 bits per heavy atom. The van der Waals surface area contributed by atoms with Gasteiger partial charge in [0.2, 0.25) is 0 Å². The fourth-order valence-corrected chi connectivity index (χ4v) is 5.79. The number of piperazine rings is 1. The third kappa shape index (κ3) is 5.83. The lowest BCUT2D eigenvalue weighted by molar-refractivity contribution is -0.104. The van der Waals surface area contributed by atoms with E-state index in [1.54, 1.807) is 12.1 Å². The van der Waals surface area contributed by atoms with Gasteiger partial charge in [0.1, 0.15) is 24.5 Å². The van der Waals surface area contributed by atoms with E-state index < -0.39 is 0 Å². The molecule has 40 heavy (non-hydrogen) atoms. The van der Waals surface area contributed by atoms with Crippen LogP contribution in [0.25, 0.3) is 10.8 Å². The molecule has 3 aliphatic heterocycles. The number of aldehydes is 1. The van der Waals surface area contributed by atoms with Crippen LogP contribution in [0.3, 0.4) is 0 Å². The zero-order chi connectivity index (χ0) is 27.3. The molecule has 6 rings (SSSR count). The van der Waals surface area contributed by atoms with Gasteiger partial charge in [-0.2, -0.15) is 9.97 Å².